The van der Waals surface area contributed by atoms with E-state index in [0.717, 1.165) is 48.6 Å². The van der Waals surface area contributed by atoms with E-state index < -0.39 is 0 Å². The molecule has 1 atom stereocenters. The van der Waals surface area contributed by atoms with Crippen LogP contribution in [0.25, 0.3) is 0 Å². The first-order valence-corrected chi connectivity index (χ1v) is 11.8. The number of anilines is 1. The van der Waals surface area contributed by atoms with Gasteiger partial charge in [-0.25, -0.2) is 0 Å². The average Bonchev–Trinajstić information content (AvgIpc) is 3.18. The van der Waals surface area contributed by atoms with Crippen LogP contribution in [0.1, 0.15) is 46.8 Å². The standard InChI is InChI=1S/C26H34N4O4/c1-28-12-14-29(15-13-28)22-8-4-6-19-20(22)17-30(26(19)32)21(7-5-9-25(27)31)18-10-11-23(33-2)24(16-18)34-3/h4,6,8,10-11,16,21H,5,7,9,12-15,17H2,1-3H3,(H2,27,31)/t21-/m1/s1. The minimum Gasteiger partial charge on any atom is -0.493 e. The third kappa shape index (κ3) is 4.82. The van der Waals surface area contributed by atoms with E-state index in [2.05, 4.69) is 22.9 Å². The summed E-state index contributed by atoms with van der Waals surface area (Å²) in [5, 5.41) is 0. The second-order valence-corrected chi connectivity index (χ2v) is 9.02. The molecule has 4 rings (SSSR count). The summed E-state index contributed by atoms with van der Waals surface area (Å²) in [7, 11) is 5.34. The predicted molar refractivity (Wildman–Crippen MR) is 131 cm³/mol. The summed E-state index contributed by atoms with van der Waals surface area (Å²) < 4.78 is 10.9. The van der Waals surface area contributed by atoms with Gasteiger partial charge in [0.05, 0.1) is 20.3 Å². The van der Waals surface area contributed by atoms with Crippen molar-refractivity contribution in [3.63, 3.8) is 0 Å². The Bertz CT molecular complexity index is 1050. The molecule has 0 spiro atoms. The number of piperazine rings is 1. The monoisotopic (exact) mass is 466 g/mol. The molecule has 0 bridgehead atoms. The Balaban J connectivity index is 1.65. The molecule has 2 aromatic rings. The lowest BCUT2D eigenvalue weighted by molar-refractivity contribution is -0.118. The first kappa shape index (κ1) is 23.9. The fraction of sp³-hybridized carbons (Fsp3) is 0.462. The zero-order valence-electron chi connectivity index (χ0n) is 20.3. The fourth-order valence-corrected chi connectivity index (χ4v) is 4.97. The number of hydrogen-bond donors (Lipinski definition) is 1. The maximum absolute atomic E-state index is 13.6. The normalized spacial score (nSPS) is 17.0. The lowest BCUT2D eigenvalue weighted by Crippen LogP contribution is -2.44. The third-order valence-corrected chi connectivity index (χ3v) is 6.88. The molecule has 0 aliphatic carbocycles. The molecule has 2 aliphatic rings. The van der Waals surface area contributed by atoms with Crippen LogP contribution < -0.4 is 20.1 Å². The predicted octanol–water partition coefficient (Wildman–Crippen LogP) is 2.81. The Kier molecular flexibility index (Phi) is 7.26. The van der Waals surface area contributed by atoms with Gasteiger partial charge in [0.15, 0.2) is 11.5 Å². The van der Waals surface area contributed by atoms with Gasteiger partial charge in [-0.05, 0) is 49.7 Å². The minimum atomic E-state index is -0.334. The number of carbonyl (C=O) groups is 2. The van der Waals surface area contributed by atoms with Gasteiger partial charge in [0.2, 0.25) is 5.91 Å². The van der Waals surface area contributed by atoms with Gasteiger partial charge in [-0.1, -0.05) is 12.1 Å². The Labute approximate surface area is 201 Å². The summed E-state index contributed by atoms with van der Waals surface area (Å²) in [5.74, 6) is 0.932. The topological polar surface area (TPSA) is 88.3 Å². The Morgan fingerprint density at radius 1 is 1.06 bits per heavy atom. The van der Waals surface area contributed by atoms with Crippen LogP contribution in [0.15, 0.2) is 36.4 Å². The highest BCUT2D eigenvalue weighted by molar-refractivity contribution is 6.00. The van der Waals surface area contributed by atoms with Crippen molar-refractivity contribution in [2.45, 2.75) is 31.8 Å². The second-order valence-electron chi connectivity index (χ2n) is 9.02. The summed E-state index contributed by atoms with van der Waals surface area (Å²) in [6.45, 7) is 4.43. The summed E-state index contributed by atoms with van der Waals surface area (Å²) in [6.07, 6.45) is 1.51. The van der Waals surface area contributed by atoms with E-state index in [4.69, 9.17) is 15.2 Å². The van der Waals surface area contributed by atoms with E-state index in [1.807, 2.05) is 35.2 Å². The van der Waals surface area contributed by atoms with Gasteiger partial charge >= 0.3 is 0 Å². The number of methoxy groups -OCH3 is 2. The fourth-order valence-electron chi connectivity index (χ4n) is 4.97. The second kappa shape index (κ2) is 10.3. The Hall–Kier alpha value is -3.26. The van der Waals surface area contributed by atoms with Gasteiger partial charge in [0.25, 0.3) is 5.91 Å². The minimum absolute atomic E-state index is 0.0184. The molecule has 2 N–H and O–H groups in total. The van der Waals surface area contributed by atoms with Crippen LogP contribution >= 0.6 is 0 Å². The smallest absolute Gasteiger partial charge is 0.255 e. The molecule has 2 aliphatic heterocycles. The number of fused-ring (bicyclic) bond motifs is 1. The van der Waals surface area contributed by atoms with E-state index in [1.165, 1.54) is 0 Å². The average molecular weight is 467 g/mol. The van der Waals surface area contributed by atoms with E-state index in [9.17, 15) is 9.59 Å². The van der Waals surface area contributed by atoms with Crippen molar-refractivity contribution in [3.8, 4) is 11.5 Å². The van der Waals surface area contributed by atoms with Crippen molar-refractivity contribution in [2.24, 2.45) is 5.73 Å². The lowest BCUT2D eigenvalue weighted by Gasteiger charge is -2.35. The molecule has 1 fully saturated rings. The quantitative estimate of drug-likeness (QED) is 0.612. The Morgan fingerprint density at radius 2 is 1.79 bits per heavy atom. The van der Waals surface area contributed by atoms with Crippen molar-refractivity contribution in [1.29, 1.82) is 0 Å². The van der Waals surface area contributed by atoms with Crippen LogP contribution in [-0.2, 0) is 11.3 Å². The first-order valence-electron chi connectivity index (χ1n) is 11.8. The molecule has 0 aromatic heterocycles. The van der Waals surface area contributed by atoms with Gasteiger partial charge in [-0.15, -0.1) is 0 Å². The van der Waals surface area contributed by atoms with Gasteiger partial charge < -0.3 is 29.9 Å². The first-order chi connectivity index (χ1) is 16.4. The number of rotatable bonds is 9. The number of likely N-dealkylation sites (N-methyl/N-ethyl adjacent to an activating group) is 1. The SMILES string of the molecule is COc1ccc([C@@H](CCCC(N)=O)N2Cc3c(cccc3N3CCN(C)CC3)C2=O)cc1OC. The summed E-state index contributed by atoms with van der Waals surface area (Å²) >= 11 is 0. The summed E-state index contributed by atoms with van der Waals surface area (Å²) in [4.78, 5) is 31.7. The Morgan fingerprint density at radius 3 is 2.47 bits per heavy atom. The van der Waals surface area contributed by atoms with Gasteiger partial charge in [-0.3, -0.25) is 9.59 Å². The number of primary amides is 1. The molecule has 0 saturated carbocycles. The molecule has 182 valence electrons. The lowest BCUT2D eigenvalue weighted by atomic mass is 9.98. The van der Waals surface area contributed by atoms with Crippen LogP contribution in [0.3, 0.4) is 0 Å². The number of nitrogens with two attached hydrogens (primary N) is 1. The number of benzene rings is 2. The molecule has 2 aromatic carbocycles. The van der Waals surface area contributed by atoms with Crippen LogP contribution in [0.5, 0.6) is 11.5 Å². The highest BCUT2D eigenvalue weighted by Crippen LogP contribution is 2.40. The van der Waals surface area contributed by atoms with Gasteiger partial charge in [0.1, 0.15) is 0 Å². The van der Waals surface area contributed by atoms with E-state index >= 15 is 0 Å². The maximum atomic E-state index is 13.6. The maximum Gasteiger partial charge on any atom is 0.255 e. The molecule has 8 heteroatoms. The van der Waals surface area contributed by atoms with Crippen molar-refractivity contribution in [1.82, 2.24) is 9.80 Å². The van der Waals surface area contributed by atoms with Gasteiger partial charge in [0, 0.05) is 56.0 Å². The van der Waals surface area contributed by atoms with Crippen molar-refractivity contribution in [3.05, 3.63) is 53.1 Å². The van der Waals surface area contributed by atoms with Crippen LogP contribution in [-0.4, -0.2) is 69.1 Å². The zero-order chi connectivity index (χ0) is 24.2. The van der Waals surface area contributed by atoms with Gasteiger partial charge in [-0.2, -0.15) is 0 Å². The van der Waals surface area contributed by atoms with Crippen molar-refractivity contribution < 1.29 is 19.1 Å². The molecule has 1 saturated heterocycles. The molecular weight excluding hydrogens is 432 g/mol. The third-order valence-electron chi connectivity index (χ3n) is 6.88. The zero-order valence-corrected chi connectivity index (χ0v) is 20.3. The molecule has 8 nitrogen and oxygen atoms in total. The van der Waals surface area contributed by atoms with Crippen LogP contribution in [0.4, 0.5) is 5.69 Å². The largest absolute Gasteiger partial charge is 0.493 e. The molecule has 2 heterocycles. The molecule has 2 amide bonds. The highest BCUT2D eigenvalue weighted by atomic mass is 16.5. The number of hydrogen-bond acceptors (Lipinski definition) is 6. The summed E-state index contributed by atoms with van der Waals surface area (Å²) in [5.41, 5.74) is 9.33. The highest BCUT2D eigenvalue weighted by Gasteiger charge is 2.36. The molecular formula is C26H34N4O4. The number of amides is 2. The van der Waals surface area contributed by atoms with E-state index in [-0.39, 0.29) is 24.3 Å². The van der Waals surface area contributed by atoms with Crippen molar-refractivity contribution in [2.75, 3.05) is 52.3 Å². The molecule has 0 radical (unpaired) electrons. The molecule has 0 unspecified atom stereocenters. The number of carbonyl (C=O) groups excluding carboxylic acids is 2. The van der Waals surface area contributed by atoms with Crippen LogP contribution in [0.2, 0.25) is 0 Å². The number of nitrogens with zero attached hydrogens (tertiary/aromatic N) is 3. The van der Waals surface area contributed by atoms with E-state index in [1.54, 1.807) is 14.2 Å². The molecule has 34 heavy (non-hydrogen) atoms. The van der Waals surface area contributed by atoms with E-state index in [0.29, 0.717) is 30.9 Å². The summed E-state index contributed by atoms with van der Waals surface area (Å²) in [6, 6.07) is 11.6. The van der Waals surface area contributed by atoms with Crippen molar-refractivity contribution >= 4 is 17.5 Å². The van der Waals surface area contributed by atoms with Crippen LogP contribution in [0, 0.1) is 0 Å². The number of ether oxygens (including phenoxy) is 2.